The molecule has 5 nitrogen and oxygen atoms in total. The molecule has 0 spiro atoms. The Morgan fingerprint density at radius 1 is 1.37 bits per heavy atom. The lowest BCUT2D eigenvalue weighted by Gasteiger charge is -2.13. The molecule has 0 aliphatic heterocycles. The lowest BCUT2D eigenvalue weighted by Crippen LogP contribution is -2.37. The molecule has 1 aromatic rings. The van der Waals surface area contributed by atoms with Crippen molar-refractivity contribution in [1.82, 2.24) is 5.43 Å². The summed E-state index contributed by atoms with van der Waals surface area (Å²) in [4.78, 5) is 4.59. The average molecular weight is 327 g/mol. The van der Waals surface area contributed by atoms with E-state index in [9.17, 15) is 0 Å². The minimum atomic E-state index is 0.368. The standard InChI is InChI=1S/C13H19BrN4O/c1-19-12-7-9(14)6-11(8-12)17-13(18-15)16-10-4-2-3-5-10/h6-8,10H,2-5,15H2,1H3,(H2,16,17,18). The van der Waals surface area contributed by atoms with Gasteiger partial charge < -0.3 is 10.1 Å². The van der Waals surface area contributed by atoms with Crippen molar-refractivity contribution < 1.29 is 4.74 Å². The van der Waals surface area contributed by atoms with Gasteiger partial charge in [0, 0.05) is 16.2 Å². The number of rotatable bonds is 3. The van der Waals surface area contributed by atoms with Crippen molar-refractivity contribution in [1.29, 1.82) is 0 Å². The van der Waals surface area contributed by atoms with Crippen LogP contribution in [-0.2, 0) is 0 Å². The highest BCUT2D eigenvalue weighted by Gasteiger charge is 2.14. The number of nitrogens with two attached hydrogens (primary N) is 1. The Balaban J connectivity index is 2.10. The van der Waals surface area contributed by atoms with Gasteiger partial charge in [0.25, 0.3) is 0 Å². The number of nitrogens with zero attached hydrogens (tertiary/aromatic N) is 1. The minimum absolute atomic E-state index is 0.368. The zero-order valence-electron chi connectivity index (χ0n) is 10.9. The molecule has 1 saturated carbocycles. The van der Waals surface area contributed by atoms with Gasteiger partial charge in [0.2, 0.25) is 5.96 Å². The Morgan fingerprint density at radius 3 is 2.74 bits per heavy atom. The second-order valence-electron chi connectivity index (χ2n) is 4.57. The SMILES string of the molecule is COc1cc(Br)cc(NC(=NC2CCCC2)NN)c1. The van der Waals surface area contributed by atoms with Gasteiger partial charge >= 0.3 is 0 Å². The summed E-state index contributed by atoms with van der Waals surface area (Å²) in [5.74, 6) is 6.88. The van der Waals surface area contributed by atoms with Crippen molar-refractivity contribution in [3.63, 3.8) is 0 Å². The van der Waals surface area contributed by atoms with Gasteiger partial charge in [0.15, 0.2) is 0 Å². The van der Waals surface area contributed by atoms with E-state index in [2.05, 4.69) is 31.7 Å². The van der Waals surface area contributed by atoms with Crippen molar-refractivity contribution in [3.05, 3.63) is 22.7 Å². The first-order chi connectivity index (χ1) is 9.21. The van der Waals surface area contributed by atoms with Gasteiger partial charge in [0.1, 0.15) is 5.75 Å². The van der Waals surface area contributed by atoms with Crippen LogP contribution in [0.15, 0.2) is 27.7 Å². The fraction of sp³-hybridized carbons (Fsp3) is 0.462. The largest absolute Gasteiger partial charge is 0.497 e. The Morgan fingerprint density at radius 2 is 2.11 bits per heavy atom. The van der Waals surface area contributed by atoms with E-state index in [1.54, 1.807) is 7.11 Å². The molecule has 0 aromatic heterocycles. The predicted molar refractivity (Wildman–Crippen MR) is 81.3 cm³/mol. The van der Waals surface area contributed by atoms with E-state index in [-0.39, 0.29) is 0 Å². The summed E-state index contributed by atoms with van der Waals surface area (Å²) < 4.78 is 6.16. The molecule has 4 N–H and O–H groups in total. The van der Waals surface area contributed by atoms with Crippen molar-refractivity contribution in [2.24, 2.45) is 10.8 Å². The van der Waals surface area contributed by atoms with Crippen LogP contribution in [0.2, 0.25) is 0 Å². The zero-order chi connectivity index (χ0) is 13.7. The molecule has 0 saturated heterocycles. The van der Waals surface area contributed by atoms with E-state index in [0.29, 0.717) is 12.0 Å². The molecular formula is C13H19BrN4O. The number of hydrogen-bond acceptors (Lipinski definition) is 3. The number of guanidine groups is 1. The van der Waals surface area contributed by atoms with Gasteiger partial charge in [-0.25, -0.2) is 10.8 Å². The normalized spacial score (nSPS) is 16.5. The second-order valence-corrected chi connectivity index (χ2v) is 5.48. The molecule has 0 unspecified atom stereocenters. The minimum Gasteiger partial charge on any atom is -0.497 e. The number of ether oxygens (including phenoxy) is 1. The second kappa shape index (κ2) is 6.77. The fourth-order valence-electron chi connectivity index (χ4n) is 2.21. The molecule has 1 aromatic carbocycles. The third-order valence-corrected chi connectivity index (χ3v) is 3.60. The highest BCUT2D eigenvalue weighted by Crippen LogP contribution is 2.25. The van der Waals surface area contributed by atoms with Crippen LogP contribution in [0.1, 0.15) is 25.7 Å². The Labute approximate surface area is 121 Å². The highest BCUT2D eigenvalue weighted by molar-refractivity contribution is 9.10. The van der Waals surface area contributed by atoms with Crippen molar-refractivity contribution in [2.75, 3.05) is 12.4 Å². The van der Waals surface area contributed by atoms with Crippen LogP contribution < -0.4 is 21.3 Å². The lowest BCUT2D eigenvalue weighted by atomic mass is 10.3. The molecular weight excluding hydrogens is 308 g/mol. The molecule has 0 radical (unpaired) electrons. The van der Waals surface area contributed by atoms with Crippen LogP contribution in [0.4, 0.5) is 5.69 Å². The molecule has 1 aliphatic rings. The van der Waals surface area contributed by atoms with Gasteiger partial charge in [0.05, 0.1) is 13.2 Å². The summed E-state index contributed by atoms with van der Waals surface area (Å²) in [7, 11) is 1.64. The first kappa shape index (κ1) is 14.1. The number of anilines is 1. The molecule has 19 heavy (non-hydrogen) atoms. The van der Waals surface area contributed by atoms with E-state index < -0.39 is 0 Å². The maximum atomic E-state index is 5.52. The van der Waals surface area contributed by atoms with Crippen molar-refractivity contribution in [2.45, 2.75) is 31.7 Å². The van der Waals surface area contributed by atoms with Crippen molar-refractivity contribution in [3.8, 4) is 5.75 Å². The monoisotopic (exact) mass is 326 g/mol. The average Bonchev–Trinajstić information content (AvgIpc) is 2.90. The summed E-state index contributed by atoms with van der Waals surface area (Å²) in [5.41, 5.74) is 3.49. The van der Waals surface area contributed by atoms with Gasteiger partial charge in [-0.1, -0.05) is 28.8 Å². The van der Waals surface area contributed by atoms with E-state index in [1.807, 2.05) is 18.2 Å². The molecule has 0 amide bonds. The molecule has 2 rings (SSSR count). The van der Waals surface area contributed by atoms with Gasteiger partial charge in [-0.3, -0.25) is 5.43 Å². The number of benzene rings is 1. The molecule has 1 fully saturated rings. The Kier molecular flexibility index (Phi) is 5.04. The fourth-order valence-corrected chi connectivity index (χ4v) is 2.68. The number of nitrogens with one attached hydrogen (secondary N) is 2. The summed E-state index contributed by atoms with van der Waals surface area (Å²) >= 11 is 3.44. The number of methoxy groups -OCH3 is 1. The summed E-state index contributed by atoms with van der Waals surface area (Å²) in [5, 5.41) is 3.18. The molecule has 0 heterocycles. The maximum absolute atomic E-state index is 5.52. The van der Waals surface area contributed by atoms with Gasteiger partial charge in [-0.05, 0) is 25.0 Å². The smallest absolute Gasteiger partial charge is 0.210 e. The number of halogens is 1. The van der Waals surface area contributed by atoms with Crippen LogP contribution >= 0.6 is 15.9 Å². The quantitative estimate of drug-likeness (QED) is 0.345. The van der Waals surface area contributed by atoms with E-state index in [0.717, 1.165) is 28.8 Å². The first-order valence-electron chi connectivity index (χ1n) is 6.37. The number of hydrazine groups is 1. The maximum Gasteiger partial charge on any atom is 0.210 e. The van der Waals surface area contributed by atoms with Crippen molar-refractivity contribution >= 4 is 27.6 Å². The van der Waals surface area contributed by atoms with E-state index >= 15 is 0 Å². The van der Waals surface area contributed by atoms with E-state index in [1.165, 1.54) is 12.8 Å². The molecule has 1 aliphatic carbocycles. The predicted octanol–water partition coefficient (Wildman–Crippen LogP) is 2.63. The summed E-state index contributed by atoms with van der Waals surface area (Å²) in [6, 6.07) is 6.11. The number of hydrogen-bond donors (Lipinski definition) is 3. The van der Waals surface area contributed by atoms with Crippen LogP contribution in [0, 0.1) is 0 Å². The third-order valence-electron chi connectivity index (χ3n) is 3.14. The Hall–Kier alpha value is -1.27. The topological polar surface area (TPSA) is 71.7 Å². The highest BCUT2D eigenvalue weighted by atomic mass is 79.9. The zero-order valence-corrected chi connectivity index (χ0v) is 12.5. The van der Waals surface area contributed by atoms with Crippen LogP contribution in [0.3, 0.4) is 0 Å². The number of aliphatic imine (C=N–C) groups is 1. The summed E-state index contributed by atoms with van der Waals surface area (Å²) in [6.07, 6.45) is 4.76. The van der Waals surface area contributed by atoms with Crippen LogP contribution in [0.25, 0.3) is 0 Å². The van der Waals surface area contributed by atoms with Crippen LogP contribution in [0.5, 0.6) is 5.75 Å². The van der Waals surface area contributed by atoms with Gasteiger partial charge in [-0.2, -0.15) is 0 Å². The summed E-state index contributed by atoms with van der Waals surface area (Å²) in [6.45, 7) is 0. The lowest BCUT2D eigenvalue weighted by molar-refractivity contribution is 0.415. The third kappa shape index (κ3) is 4.11. The Bertz CT molecular complexity index is 458. The molecule has 0 bridgehead atoms. The molecule has 104 valence electrons. The molecule has 0 atom stereocenters. The molecule has 6 heteroatoms. The van der Waals surface area contributed by atoms with Crippen LogP contribution in [-0.4, -0.2) is 19.1 Å². The first-order valence-corrected chi connectivity index (χ1v) is 7.16. The van der Waals surface area contributed by atoms with E-state index in [4.69, 9.17) is 10.6 Å². The van der Waals surface area contributed by atoms with Gasteiger partial charge in [-0.15, -0.1) is 0 Å².